The first-order chi connectivity index (χ1) is 14.2. The van der Waals surface area contributed by atoms with Crippen molar-refractivity contribution in [2.24, 2.45) is 0 Å². The number of aromatic nitrogens is 5. The monoisotopic (exact) mass is 407 g/mol. The predicted octanol–water partition coefficient (Wildman–Crippen LogP) is 2.92. The highest BCUT2D eigenvalue weighted by atomic mass is 35.5. The number of benzene rings is 2. The Balaban J connectivity index is 1.71. The maximum Gasteiger partial charge on any atom is 0.251 e. The highest BCUT2D eigenvalue weighted by molar-refractivity contribution is 6.31. The summed E-state index contributed by atoms with van der Waals surface area (Å²) < 4.78 is 3.07. The van der Waals surface area contributed by atoms with Crippen molar-refractivity contribution in [1.29, 1.82) is 0 Å². The van der Waals surface area contributed by atoms with Gasteiger partial charge in [0, 0.05) is 22.8 Å². The highest BCUT2D eigenvalue weighted by Crippen LogP contribution is 2.28. The van der Waals surface area contributed by atoms with E-state index in [4.69, 9.17) is 11.6 Å². The van der Waals surface area contributed by atoms with Crippen LogP contribution < -0.4 is 5.56 Å². The van der Waals surface area contributed by atoms with Gasteiger partial charge in [0.25, 0.3) is 5.56 Å². The number of hydrogen-bond donors (Lipinski definition) is 1. The van der Waals surface area contributed by atoms with Gasteiger partial charge in [-0.3, -0.25) is 4.79 Å². The van der Waals surface area contributed by atoms with Crippen molar-refractivity contribution < 1.29 is 5.11 Å². The maximum absolute atomic E-state index is 12.9. The lowest BCUT2D eigenvalue weighted by Crippen LogP contribution is -2.27. The number of aliphatic hydroxyl groups is 1. The Morgan fingerprint density at radius 3 is 2.59 bits per heavy atom. The molecule has 1 N–H and O–H groups in total. The van der Waals surface area contributed by atoms with Crippen molar-refractivity contribution in [3.8, 4) is 16.8 Å². The average Bonchev–Trinajstić information content (AvgIpc) is 3.27. The van der Waals surface area contributed by atoms with Gasteiger partial charge in [-0.1, -0.05) is 41.9 Å². The smallest absolute Gasteiger partial charge is 0.251 e. The third-order valence-electron chi connectivity index (χ3n) is 4.73. The Hall–Kier alpha value is -3.29. The molecule has 0 spiro atoms. The summed E-state index contributed by atoms with van der Waals surface area (Å²) in [4.78, 5) is 12.9. The molecule has 0 bridgehead atoms. The molecule has 2 aromatic carbocycles. The van der Waals surface area contributed by atoms with E-state index in [1.165, 1.54) is 17.1 Å². The molecule has 0 radical (unpaired) electrons. The van der Waals surface area contributed by atoms with Crippen LogP contribution in [-0.2, 0) is 6.42 Å². The summed E-state index contributed by atoms with van der Waals surface area (Å²) in [6.45, 7) is -0.138. The second-order valence-corrected chi connectivity index (χ2v) is 7.04. The topological polar surface area (TPSA) is 85.8 Å². The van der Waals surface area contributed by atoms with Crippen LogP contribution >= 0.6 is 11.6 Å². The Bertz CT molecular complexity index is 1160. The lowest BCUT2D eigenvalue weighted by Gasteiger charge is -2.18. The molecule has 8 heteroatoms. The van der Waals surface area contributed by atoms with Gasteiger partial charge in [-0.15, -0.1) is 5.10 Å². The molecular weight excluding hydrogens is 390 g/mol. The van der Waals surface area contributed by atoms with Crippen molar-refractivity contribution in [3.05, 3.63) is 94.1 Å². The largest absolute Gasteiger partial charge is 0.394 e. The molecule has 0 amide bonds. The number of hydrogen-bond acceptors (Lipinski definition) is 5. The molecule has 0 aliphatic rings. The zero-order chi connectivity index (χ0) is 20.2. The number of rotatable bonds is 6. The number of tetrazole rings is 1. The fourth-order valence-electron chi connectivity index (χ4n) is 3.31. The molecule has 146 valence electrons. The third-order valence-corrected chi connectivity index (χ3v) is 4.97. The molecule has 7 nitrogen and oxygen atoms in total. The summed E-state index contributed by atoms with van der Waals surface area (Å²) in [5, 5.41) is 21.7. The summed E-state index contributed by atoms with van der Waals surface area (Å²) in [5.74, 6) is 0. The van der Waals surface area contributed by atoms with Crippen molar-refractivity contribution in [2.45, 2.75) is 12.5 Å². The second-order valence-electron chi connectivity index (χ2n) is 6.60. The van der Waals surface area contributed by atoms with Crippen molar-refractivity contribution in [1.82, 2.24) is 24.8 Å². The number of halogens is 1. The zero-order valence-electron chi connectivity index (χ0n) is 15.4. The molecule has 2 aromatic heterocycles. The van der Waals surface area contributed by atoms with E-state index in [-0.39, 0.29) is 18.2 Å². The Morgan fingerprint density at radius 1 is 1.07 bits per heavy atom. The number of nitrogens with zero attached hydrogens (tertiary/aromatic N) is 5. The zero-order valence-corrected chi connectivity index (χ0v) is 16.1. The van der Waals surface area contributed by atoms with E-state index >= 15 is 0 Å². The minimum absolute atomic E-state index is 0.138. The molecule has 0 aliphatic carbocycles. The third kappa shape index (κ3) is 4.11. The Labute approximate surface area is 171 Å². The van der Waals surface area contributed by atoms with E-state index in [2.05, 4.69) is 15.5 Å². The summed E-state index contributed by atoms with van der Waals surface area (Å²) in [6.07, 6.45) is 3.74. The molecule has 2 heterocycles. The quantitative estimate of drug-likeness (QED) is 0.531. The van der Waals surface area contributed by atoms with Gasteiger partial charge in [0.2, 0.25) is 0 Å². The van der Waals surface area contributed by atoms with Crippen molar-refractivity contribution in [3.63, 3.8) is 0 Å². The van der Waals surface area contributed by atoms with Crippen LogP contribution in [0.25, 0.3) is 16.8 Å². The SMILES string of the molecule is O=c1cc(-c2cc(Cl)ccc2-n2cnnn2)ccn1C(CO)Cc1ccccc1. The molecule has 0 saturated heterocycles. The minimum Gasteiger partial charge on any atom is -0.394 e. The van der Waals surface area contributed by atoms with E-state index in [9.17, 15) is 9.90 Å². The van der Waals surface area contributed by atoms with Gasteiger partial charge in [-0.05, 0) is 52.2 Å². The van der Waals surface area contributed by atoms with Crippen LogP contribution in [0.2, 0.25) is 5.02 Å². The van der Waals surface area contributed by atoms with Crippen LogP contribution in [0.4, 0.5) is 0 Å². The molecule has 0 saturated carbocycles. The lowest BCUT2D eigenvalue weighted by molar-refractivity contribution is 0.224. The Morgan fingerprint density at radius 2 is 1.90 bits per heavy atom. The maximum atomic E-state index is 12.9. The standard InChI is InChI=1S/C21H18ClN5O2/c22-17-6-7-20(27-14-23-24-25-27)19(12-17)16-8-9-26(21(29)11-16)18(13-28)10-15-4-2-1-3-5-15/h1-9,11-12,14,18,28H,10,13H2. The molecular formula is C21H18ClN5O2. The van der Waals surface area contributed by atoms with Crippen LogP contribution in [-0.4, -0.2) is 36.5 Å². The highest BCUT2D eigenvalue weighted by Gasteiger charge is 2.15. The van der Waals surface area contributed by atoms with Gasteiger partial charge in [-0.25, -0.2) is 0 Å². The molecule has 0 fully saturated rings. The molecule has 4 rings (SSSR count). The first-order valence-corrected chi connectivity index (χ1v) is 9.44. The molecule has 0 aliphatic heterocycles. The van der Waals surface area contributed by atoms with Gasteiger partial charge < -0.3 is 9.67 Å². The normalized spacial score (nSPS) is 12.1. The number of pyridine rings is 1. The van der Waals surface area contributed by atoms with Gasteiger partial charge in [-0.2, -0.15) is 4.68 Å². The summed E-state index contributed by atoms with van der Waals surface area (Å²) in [6, 6.07) is 18.1. The van der Waals surface area contributed by atoms with Crippen molar-refractivity contribution in [2.75, 3.05) is 6.61 Å². The predicted molar refractivity (Wildman–Crippen MR) is 110 cm³/mol. The van der Waals surface area contributed by atoms with E-state index < -0.39 is 0 Å². The van der Waals surface area contributed by atoms with Crippen LogP contribution in [0.15, 0.2) is 78.0 Å². The van der Waals surface area contributed by atoms with Gasteiger partial charge in [0.1, 0.15) is 6.33 Å². The van der Waals surface area contributed by atoms with Crippen LogP contribution in [0, 0.1) is 0 Å². The lowest BCUT2D eigenvalue weighted by atomic mass is 10.0. The van der Waals surface area contributed by atoms with E-state index in [1.807, 2.05) is 36.4 Å². The van der Waals surface area contributed by atoms with Gasteiger partial charge in [0.15, 0.2) is 0 Å². The van der Waals surface area contributed by atoms with Crippen LogP contribution in [0.5, 0.6) is 0 Å². The first kappa shape index (κ1) is 19.0. The molecule has 1 unspecified atom stereocenters. The average molecular weight is 408 g/mol. The summed E-state index contributed by atoms with van der Waals surface area (Å²) in [5.41, 5.74) is 2.98. The van der Waals surface area contributed by atoms with Gasteiger partial charge >= 0.3 is 0 Å². The van der Waals surface area contributed by atoms with Crippen LogP contribution in [0.1, 0.15) is 11.6 Å². The van der Waals surface area contributed by atoms with Crippen molar-refractivity contribution >= 4 is 11.6 Å². The minimum atomic E-state index is -0.350. The van der Waals surface area contributed by atoms with Gasteiger partial charge in [0.05, 0.1) is 18.3 Å². The number of aliphatic hydroxyl groups excluding tert-OH is 1. The van der Waals surface area contributed by atoms with E-state index in [0.717, 1.165) is 11.1 Å². The van der Waals surface area contributed by atoms with Crippen LogP contribution in [0.3, 0.4) is 0 Å². The molecule has 29 heavy (non-hydrogen) atoms. The summed E-state index contributed by atoms with van der Waals surface area (Å²) in [7, 11) is 0. The first-order valence-electron chi connectivity index (χ1n) is 9.06. The second kappa shape index (κ2) is 8.38. The fourth-order valence-corrected chi connectivity index (χ4v) is 3.48. The van der Waals surface area contributed by atoms with E-state index in [0.29, 0.717) is 22.7 Å². The van der Waals surface area contributed by atoms with E-state index in [1.54, 1.807) is 29.0 Å². The Kier molecular flexibility index (Phi) is 5.50. The summed E-state index contributed by atoms with van der Waals surface area (Å²) >= 11 is 6.19. The molecule has 4 aromatic rings. The molecule has 1 atom stereocenters. The fraction of sp³-hybridized carbons (Fsp3) is 0.143.